The Bertz CT molecular complexity index is 976. The van der Waals surface area contributed by atoms with Gasteiger partial charge in [0.25, 0.3) is 0 Å². The number of ether oxygens (including phenoxy) is 2. The van der Waals surface area contributed by atoms with E-state index in [0.717, 1.165) is 16.8 Å². The van der Waals surface area contributed by atoms with E-state index in [1.165, 1.54) is 5.56 Å². The highest BCUT2D eigenvalue weighted by Gasteiger charge is 2.13. The van der Waals surface area contributed by atoms with Gasteiger partial charge in [0.15, 0.2) is 11.5 Å². The van der Waals surface area contributed by atoms with Crippen molar-refractivity contribution in [3.8, 4) is 11.5 Å². The van der Waals surface area contributed by atoms with Crippen LogP contribution in [0.4, 0.5) is 5.69 Å². The molecule has 0 saturated heterocycles. The zero-order valence-corrected chi connectivity index (χ0v) is 17.8. The summed E-state index contributed by atoms with van der Waals surface area (Å²) < 4.78 is 11.4. The first-order chi connectivity index (χ1) is 13.5. The van der Waals surface area contributed by atoms with Crippen molar-refractivity contribution in [2.45, 2.75) is 20.1 Å². The predicted molar refractivity (Wildman–Crippen MR) is 117 cm³/mol. The predicted octanol–water partition coefficient (Wildman–Crippen LogP) is 7.15. The lowest BCUT2D eigenvalue weighted by Gasteiger charge is -2.16. The summed E-state index contributed by atoms with van der Waals surface area (Å²) in [5.74, 6) is 1.05. The first-order valence-corrected chi connectivity index (χ1v) is 9.84. The van der Waals surface area contributed by atoms with Gasteiger partial charge in [0.2, 0.25) is 0 Å². The van der Waals surface area contributed by atoms with E-state index in [1.54, 1.807) is 19.2 Å². The summed E-state index contributed by atoms with van der Waals surface area (Å²) in [6.45, 7) is 2.94. The molecule has 146 valence electrons. The van der Waals surface area contributed by atoms with Crippen LogP contribution in [0.3, 0.4) is 0 Å². The number of methoxy groups -OCH3 is 1. The third-order valence-electron chi connectivity index (χ3n) is 4.30. The van der Waals surface area contributed by atoms with E-state index in [-0.39, 0.29) is 6.61 Å². The standard InChI is InChI=1S/C22H20Cl3NO2/c1-14-5-3-4-6-20(14)26-12-15-9-19(25)22(21(10-15)27-2)28-13-16-7-8-17(23)11-18(16)24/h3-11,26H,12-13H2,1-2H3. The fourth-order valence-electron chi connectivity index (χ4n) is 2.77. The topological polar surface area (TPSA) is 30.5 Å². The van der Waals surface area contributed by atoms with E-state index in [1.807, 2.05) is 36.4 Å². The van der Waals surface area contributed by atoms with Gasteiger partial charge < -0.3 is 14.8 Å². The molecular formula is C22H20Cl3NO2. The minimum absolute atomic E-state index is 0.257. The van der Waals surface area contributed by atoms with Crippen molar-refractivity contribution in [1.82, 2.24) is 0 Å². The van der Waals surface area contributed by atoms with Gasteiger partial charge in [-0.2, -0.15) is 0 Å². The molecule has 0 spiro atoms. The van der Waals surface area contributed by atoms with Crippen LogP contribution in [-0.4, -0.2) is 7.11 Å². The zero-order chi connectivity index (χ0) is 20.1. The van der Waals surface area contributed by atoms with E-state index < -0.39 is 0 Å². The number of halogens is 3. The maximum Gasteiger partial charge on any atom is 0.180 e. The van der Waals surface area contributed by atoms with Crippen LogP contribution in [0.15, 0.2) is 54.6 Å². The number of anilines is 1. The van der Waals surface area contributed by atoms with Crippen LogP contribution in [0.5, 0.6) is 11.5 Å². The van der Waals surface area contributed by atoms with Crippen molar-refractivity contribution < 1.29 is 9.47 Å². The molecule has 0 atom stereocenters. The molecule has 3 aromatic carbocycles. The second kappa shape index (κ2) is 9.42. The molecule has 0 aromatic heterocycles. The first kappa shape index (κ1) is 20.7. The smallest absolute Gasteiger partial charge is 0.180 e. The molecule has 1 N–H and O–H groups in total. The molecule has 0 fully saturated rings. The number of aryl methyl sites for hydroxylation is 1. The number of rotatable bonds is 7. The van der Waals surface area contributed by atoms with Crippen LogP contribution in [0, 0.1) is 6.92 Å². The SMILES string of the molecule is COc1cc(CNc2ccccc2C)cc(Cl)c1OCc1ccc(Cl)cc1Cl. The van der Waals surface area contributed by atoms with Gasteiger partial charge in [-0.25, -0.2) is 0 Å². The van der Waals surface area contributed by atoms with Gasteiger partial charge in [0.05, 0.1) is 12.1 Å². The van der Waals surface area contributed by atoms with Gasteiger partial charge in [0, 0.05) is 27.8 Å². The third-order valence-corrected chi connectivity index (χ3v) is 5.17. The summed E-state index contributed by atoms with van der Waals surface area (Å²) in [4.78, 5) is 0. The lowest BCUT2D eigenvalue weighted by molar-refractivity contribution is 0.284. The van der Waals surface area contributed by atoms with Gasteiger partial charge >= 0.3 is 0 Å². The molecule has 3 rings (SSSR count). The number of hydrogen-bond donors (Lipinski definition) is 1. The molecule has 6 heteroatoms. The van der Waals surface area contributed by atoms with Crippen LogP contribution >= 0.6 is 34.8 Å². The zero-order valence-electron chi connectivity index (χ0n) is 15.6. The summed E-state index contributed by atoms with van der Waals surface area (Å²) in [6.07, 6.45) is 0. The summed E-state index contributed by atoms with van der Waals surface area (Å²) in [7, 11) is 1.59. The van der Waals surface area contributed by atoms with Crippen molar-refractivity contribution >= 4 is 40.5 Å². The maximum absolute atomic E-state index is 6.47. The highest BCUT2D eigenvalue weighted by Crippen LogP contribution is 2.37. The van der Waals surface area contributed by atoms with Crippen LogP contribution in [0.1, 0.15) is 16.7 Å². The molecule has 0 bridgehead atoms. The van der Waals surface area contributed by atoms with E-state index in [9.17, 15) is 0 Å². The Morgan fingerprint density at radius 1 is 0.929 bits per heavy atom. The Morgan fingerprint density at radius 3 is 2.43 bits per heavy atom. The van der Waals surface area contributed by atoms with E-state index >= 15 is 0 Å². The van der Waals surface area contributed by atoms with Crippen molar-refractivity contribution in [1.29, 1.82) is 0 Å². The largest absolute Gasteiger partial charge is 0.493 e. The Hall–Kier alpha value is -2.07. The molecule has 0 heterocycles. The van der Waals surface area contributed by atoms with Crippen LogP contribution in [-0.2, 0) is 13.2 Å². The Balaban J connectivity index is 1.75. The fraction of sp³-hybridized carbons (Fsp3) is 0.182. The summed E-state index contributed by atoms with van der Waals surface area (Å²) in [5.41, 5.74) is 4.06. The summed E-state index contributed by atoms with van der Waals surface area (Å²) >= 11 is 18.6. The van der Waals surface area contributed by atoms with Crippen LogP contribution < -0.4 is 14.8 Å². The highest BCUT2D eigenvalue weighted by atomic mass is 35.5. The monoisotopic (exact) mass is 435 g/mol. The third kappa shape index (κ3) is 5.05. The molecule has 0 amide bonds. The number of hydrogen-bond acceptors (Lipinski definition) is 3. The van der Waals surface area contributed by atoms with Crippen molar-refractivity contribution in [3.05, 3.63) is 86.4 Å². The highest BCUT2D eigenvalue weighted by molar-refractivity contribution is 6.35. The van der Waals surface area contributed by atoms with Crippen LogP contribution in [0.2, 0.25) is 15.1 Å². The molecule has 0 aliphatic carbocycles. The maximum atomic E-state index is 6.47. The molecule has 0 aliphatic heterocycles. The molecule has 0 aliphatic rings. The van der Waals surface area contributed by atoms with E-state index in [0.29, 0.717) is 33.1 Å². The van der Waals surface area contributed by atoms with Crippen molar-refractivity contribution in [2.75, 3.05) is 12.4 Å². The number of para-hydroxylation sites is 1. The average Bonchev–Trinajstić information content (AvgIpc) is 2.67. The van der Waals surface area contributed by atoms with E-state index in [2.05, 4.69) is 18.3 Å². The normalized spacial score (nSPS) is 10.6. The Morgan fingerprint density at radius 2 is 1.71 bits per heavy atom. The van der Waals surface area contributed by atoms with Crippen molar-refractivity contribution in [2.24, 2.45) is 0 Å². The number of benzene rings is 3. The van der Waals surface area contributed by atoms with Gasteiger partial charge in [-0.05, 0) is 48.4 Å². The van der Waals surface area contributed by atoms with Crippen molar-refractivity contribution in [3.63, 3.8) is 0 Å². The minimum atomic E-state index is 0.257. The molecule has 3 nitrogen and oxygen atoms in total. The van der Waals surface area contributed by atoms with Crippen LogP contribution in [0.25, 0.3) is 0 Å². The molecule has 0 saturated carbocycles. The van der Waals surface area contributed by atoms with Gasteiger partial charge in [-0.15, -0.1) is 0 Å². The second-order valence-corrected chi connectivity index (χ2v) is 7.55. The second-order valence-electron chi connectivity index (χ2n) is 6.30. The quantitative estimate of drug-likeness (QED) is 0.426. The van der Waals surface area contributed by atoms with E-state index in [4.69, 9.17) is 44.3 Å². The first-order valence-electron chi connectivity index (χ1n) is 8.70. The van der Waals surface area contributed by atoms with Gasteiger partial charge in [-0.1, -0.05) is 59.1 Å². The molecular weight excluding hydrogens is 417 g/mol. The molecule has 0 unspecified atom stereocenters. The number of nitrogens with one attached hydrogen (secondary N) is 1. The average molecular weight is 437 g/mol. The molecule has 28 heavy (non-hydrogen) atoms. The Kier molecular flexibility index (Phi) is 6.95. The molecule has 3 aromatic rings. The lowest BCUT2D eigenvalue weighted by atomic mass is 10.1. The molecule has 0 radical (unpaired) electrons. The minimum Gasteiger partial charge on any atom is -0.493 e. The van der Waals surface area contributed by atoms with Gasteiger partial charge in [0.1, 0.15) is 6.61 Å². The van der Waals surface area contributed by atoms with Gasteiger partial charge in [-0.3, -0.25) is 0 Å². The lowest BCUT2D eigenvalue weighted by Crippen LogP contribution is -2.03. The fourth-order valence-corrected chi connectivity index (χ4v) is 3.52. The Labute approximate surface area is 180 Å². The summed E-state index contributed by atoms with van der Waals surface area (Å²) in [5, 5.41) is 5.01. The summed E-state index contributed by atoms with van der Waals surface area (Å²) in [6, 6.07) is 17.2.